The summed E-state index contributed by atoms with van der Waals surface area (Å²) in [6, 6.07) is 17.3. The minimum Gasteiger partial charge on any atom is -0.489 e. The Bertz CT molecular complexity index is 1350. The Kier molecular flexibility index (Phi) is 6.24. The lowest BCUT2D eigenvalue weighted by molar-refractivity contribution is -0.217. The Morgan fingerprint density at radius 1 is 0.974 bits per heavy atom. The second kappa shape index (κ2) is 9.48. The summed E-state index contributed by atoms with van der Waals surface area (Å²) in [5.41, 5.74) is 4.83. The first kappa shape index (κ1) is 25.0. The molecule has 0 saturated carbocycles. The smallest absolute Gasteiger partial charge is 0.287 e. The zero-order chi connectivity index (χ0) is 26.5. The van der Waals surface area contributed by atoms with Crippen LogP contribution >= 0.6 is 0 Å². The molecule has 1 aromatic heterocycles. The Balaban J connectivity index is 1.11. The van der Waals surface area contributed by atoms with E-state index in [4.69, 9.17) is 28.4 Å². The van der Waals surface area contributed by atoms with Gasteiger partial charge >= 0.3 is 0 Å². The second-order valence-corrected chi connectivity index (χ2v) is 10.6. The topological polar surface area (TPSA) is 113 Å². The number of aromatic nitrogens is 1. The second-order valence-electron chi connectivity index (χ2n) is 10.6. The summed E-state index contributed by atoms with van der Waals surface area (Å²) in [6.45, 7) is 7.79. The van der Waals surface area contributed by atoms with Crippen molar-refractivity contribution in [3.05, 3.63) is 65.9 Å². The number of amides is 1. The number of carbonyl (C=O) groups excluding carboxylic acids is 1. The van der Waals surface area contributed by atoms with Crippen molar-refractivity contribution in [2.24, 2.45) is 5.10 Å². The largest absolute Gasteiger partial charge is 0.489 e. The Hall–Kier alpha value is -3.28. The molecular weight excluding hydrogens is 490 g/mol. The summed E-state index contributed by atoms with van der Waals surface area (Å²) < 4.78 is 36.1. The summed E-state index contributed by atoms with van der Waals surface area (Å²) >= 11 is 0. The predicted octanol–water partition coefficient (Wildman–Crippen LogP) is 3.86. The van der Waals surface area contributed by atoms with Gasteiger partial charge in [-0.25, -0.2) is 5.43 Å². The van der Waals surface area contributed by atoms with Gasteiger partial charge in [-0.1, -0.05) is 30.3 Å². The number of hydrogen-bond acceptors (Lipinski definition) is 8. The Morgan fingerprint density at radius 3 is 2.53 bits per heavy atom. The zero-order valence-electron chi connectivity index (χ0n) is 21.7. The highest BCUT2D eigenvalue weighted by molar-refractivity contribution is 5.98. The highest BCUT2D eigenvalue weighted by Crippen LogP contribution is 2.43. The number of carbonyl (C=O) groups is 1. The molecule has 0 radical (unpaired) electrons. The zero-order valence-corrected chi connectivity index (χ0v) is 21.7. The van der Waals surface area contributed by atoms with E-state index in [9.17, 15) is 4.79 Å². The van der Waals surface area contributed by atoms with E-state index in [2.05, 4.69) is 15.5 Å². The van der Waals surface area contributed by atoms with Gasteiger partial charge in [0.25, 0.3) is 5.91 Å². The van der Waals surface area contributed by atoms with E-state index in [1.807, 2.05) is 76.2 Å². The number of aromatic amines is 1. The first-order chi connectivity index (χ1) is 18.2. The minimum absolute atomic E-state index is 0.371. The fourth-order valence-electron chi connectivity index (χ4n) is 5.06. The van der Waals surface area contributed by atoms with Gasteiger partial charge in [0.15, 0.2) is 17.9 Å². The van der Waals surface area contributed by atoms with E-state index in [0.29, 0.717) is 12.3 Å². The third-order valence-corrected chi connectivity index (χ3v) is 6.66. The molecule has 3 fully saturated rings. The van der Waals surface area contributed by atoms with E-state index in [-0.39, 0.29) is 5.91 Å². The molecule has 10 heteroatoms. The molecule has 38 heavy (non-hydrogen) atoms. The van der Waals surface area contributed by atoms with Gasteiger partial charge in [0.1, 0.15) is 42.5 Å². The molecule has 3 saturated heterocycles. The first-order valence-electron chi connectivity index (χ1n) is 12.7. The van der Waals surface area contributed by atoms with Crippen molar-refractivity contribution in [1.82, 2.24) is 10.4 Å². The van der Waals surface area contributed by atoms with Gasteiger partial charge in [0.05, 0.1) is 6.21 Å². The molecule has 0 aliphatic carbocycles. The molecule has 2 aromatic carbocycles. The van der Waals surface area contributed by atoms with E-state index in [0.717, 1.165) is 22.2 Å². The van der Waals surface area contributed by atoms with Crippen molar-refractivity contribution in [3.8, 4) is 5.75 Å². The fourth-order valence-corrected chi connectivity index (χ4v) is 5.06. The molecule has 5 atom stereocenters. The van der Waals surface area contributed by atoms with Crippen molar-refractivity contribution in [1.29, 1.82) is 0 Å². The number of hydrogen-bond donors (Lipinski definition) is 2. The van der Waals surface area contributed by atoms with Crippen LogP contribution < -0.4 is 10.2 Å². The number of nitrogens with one attached hydrogen (secondary N) is 2. The SMILES string of the molecule is CC1(C)OC2OC(/C=N\NC(=O)c3cc4cc(OCc5ccccc5)ccc4[nH]3)C3OC(C)(C)OC3C2O1. The fraction of sp³-hybridized carbons (Fsp3) is 0.429. The van der Waals surface area contributed by atoms with Crippen molar-refractivity contribution < 1.29 is 33.2 Å². The number of nitrogens with zero attached hydrogens (tertiary/aromatic N) is 1. The summed E-state index contributed by atoms with van der Waals surface area (Å²) in [6.07, 6.45) is -1.03. The van der Waals surface area contributed by atoms with Crippen LogP contribution in [0.1, 0.15) is 43.7 Å². The molecule has 2 N–H and O–H groups in total. The van der Waals surface area contributed by atoms with Crippen molar-refractivity contribution in [3.63, 3.8) is 0 Å². The Morgan fingerprint density at radius 2 is 1.71 bits per heavy atom. The van der Waals surface area contributed by atoms with Gasteiger partial charge in [-0.2, -0.15) is 5.10 Å². The normalized spacial score (nSPS) is 29.3. The molecule has 6 rings (SSSR count). The van der Waals surface area contributed by atoms with Gasteiger partial charge in [-0.15, -0.1) is 0 Å². The molecule has 3 aliphatic heterocycles. The van der Waals surface area contributed by atoms with Crippen LogP contribution in [0.5, 0.6) is 5.75 Å². The molecule has 3 aromatic rings. The highest BCUT2D eigenvalue weighted by Gasteiger charge is 2.60. The molecule has 0 spiro atoms. The van der Waals surface area contributed by atoms with Crippen molar-refractivity contribution in [2.75, 3.05) is 0 Å². The van der Waals surface area contributed by atoms with E-state index < -0.39 is 42.3 Å². The van der Waals surface area contributed by atoms with E-state index in [1.54, 1.807) is 6.07 Å². The average molecular weight is 522 g/mol. The summed E-state index contributed by atoms with van der Waals surface area (Å²) in [4.78, 5) is 15.9. The van der Waals surface area contributed by atoms with Crippen LogP contribution in [-0.2, 0) is 30.3 Å². The maximum absolute atomic E-state index is 12.8. The average Bonchev–Trinajstić information content (AvgIpc) is 3.54. The lowest BCUT2D eigenvalue weighted by atomic mass is 10.00. The molecule has 4 heterocycles. The van der Waals surface area contributed by atoms with Crippen LogP contribution in [0.4, 0.5) is 0 Å². The van der Waals surface area contributed by atoms with Crippen LogP contribution in [-0.4, -0.2) is 59.4 Å². The van der Waals surface area contributed by atoms with Gasteiger partial charge in [-0.05, 0) is 57.5 Å². The monoisotopic (exact) mass is 521 g/mol. The molecule has 200 valence electrons. The quantitative estimate of drug-likeness (QED) is 0.374. The molecule has 5 unspecified atom stereocenters. The molecule has 10 nitrogen and oxygen atoms in total. The van der Waals surface area contributed by atoms with Crippen LogP contribution in [0.25, 0.3) is 10.9 Å². The Labute approximate surface area is 220 Å². The van der Waals surface area contributed by atoms with Crippen LogP contribution in [0.3, 0.4) is 0 Å². The van der Waals surface area contributed by atoms with E-state index in [1.165, 1.54) is 6.21 Å². The van der Waals surface area contributed by atoms with Gasteiger partial charge < -0.3 is 33.4 Å². The summed E-state index contributed by atoms with van der Waals surface area (Å²) in [5.74, 6) is -1.29. The van der Waals surface area contributed by atoms with Crippen LogP contribution in [0, 0.1) is 0 Å². The summed E-state index contributed by atoms with van der Waals surface area (Å²) in [5, 5.41) is 5.01. The molecule has 1 amide bonds. The third kappa shape index (κ3) is 5.05. The summed E-state index contributed by atoms with van der Waals surface area (Å²) in [7, 11) is 0. The maximum atomic E-state index is 12.8. The molecular formula is C28H31N3O7. The maximum Gasteiger partial charge on any atom is 0.287 e. The lowest BCUT2D eigenvalue weighted by Crippen LogP contribution is -2.55. The predicted molar refractivity (Wildman–Crippen MR) is 138 cm³/mol. The number of hydrazone groups is 1. The lowest BCUT2D eigenvalue weighted by Gasteiger charge is -2.35. The highest BCUT2D eigenvalue weighted by atomic mass is 16.9. The number of H-pyrrole nitrogens is 1. The molecule has 3 aliphatic rings. The van der Waals surface area contributed by atoms with Crippen molar-refractivity contribution in [2.45, 2.75) is 76.6 Å². The van der Waals surface area contributed by atoms with E-state index >= 15 is 0 Å². The van der Waals surface area contributed by atoms with Gasteiger partial charge in [-0.3, -0.25) is 4.79 Å². The van der Waals surface area contributed by atoms with Crippen LogP contribution in [0.15, 0.2) is 59.7 Å². The van der Waals surface area contributed by atoms with Gasteiger partial charge in [0, 0.05) is 10.9 Å². The van der Waals surface area contributed by atoms with Crippen molar-refractivity contribution >= 4 is 23.0 Å². The van der Waals surface area contributed by atoms with Gasteiger partial charge in [0.2, 0.25) is 0 Å². The number of ether oxygens (including phenoxy) is 6. The number of rotatable bonds is 6. The van der Waals surface area contributed by atoms with Crippen LogP contribution in [0.2, 0.25) is 0 Å². The minimum atomic E-state index is -0.812. The third-order valence-electron chi connectivity index (χ3n) is 6.66. The number of fused-ring (bicyclic) bond motifs is 4. The molecule has 0 bridgehead atoms. The standard InChI is InChI=1S/C28H31N3O7/c1-27(2)35-22-21(34-26-24(23(22)36-27)37-28(3,4)38-26)14-29-31-25(32)20-13-17-12-18(10-11-19(17)30-20)33-15-16-8-6-5-7-9-16/h5-14,21-24,26,30H,15H2,1-4H3,(H,31,32)/b29-14-. The first-order valence-corrected chi connectivity index (χ1v) is 12.7. The number of benzene rings is 2.